The van der Waals surface area contributed by atoms with Crippen LogP contribution in [0, 0.1) is 0 Å². The molecule has 0 aliphatic heterocycles. The number of carboxylic acids is 1. The second-order valence-electron chi connectivity index (χ2n) is 4.51. The molecule has 1 N–H and O–H groups in total. The predicted octanol–water partition coefficient (Wildman–Crippen LogP) is 0.412. The van der Waals surface area contributed by atoms with Crippen LogP contribution in [0.3, 0.4) is 0 Å². The van der Waals surface area contributed by atoms with Crippen LogP contribution in [0.5, 0.6) is 5.75 Å². The summed E-state index contributed by atoms with van der Waals surface area (Å²) in [5.74, 6) is -1.22. The number of hydrogen-bond acceptors (Lipinski definition) is 4. The molecular weight excluding hydrogens is 367 g/mol. The average molecular weight is 377 g/mol. The van der Waals surface area contributed by atoms with E-state index in [1.165, 1.54) is 25.3 Å². The molecule has 0 atom stereocenters. The van der Waals surface area contributed by atoms with Crippen molar-refractivity contribution in [3.05, 3.63) is 51.7 Å². The number of alkyl halides is 3. The standard InChI is InChI=1S/C13H10F3N5O3.ClH/c1-24-8-2-3-9(7(4-8)6-18-20-17)21-10(12(22)23)5-11(19-21)13(14,15)16;/h2-5H,6H2,1H3,(H,22,23);1H/p-1. The molecule has 0 radical (unpaired) electrons. The Balaban J connectivity index is 0.00000312. The summed E-state index contributed by atoms with van der Waals surface area (Å²) < 4.78 is 44.1. The highest BCUT2D eigenvalue weighted by Crippen LogP contribution is 2.31. The maximum atomic E-state index is 12.8. The lowest BCUT2D eigenvalue weighted by Crippen LogP contribution is -3.00. The van der Waals surface area contributed by atoms with Crippen molar-refractivity contribution in [2.24, 2.45) is 5.11 Å². The van der Waals surface area contributed by atoms with Crippen LogP contribution >= 0.6 is 0 Å². The van der Waals surface area contributed by atoms with Gasteiger partial charge in [0.05, 0.1) is 19.3 Å². The average Bonchev–Trinajstić information content (AvgIpc) is 2.98. The molecule has 1 aromatic heterocycles. The van der Waals surface area contributed by atoms with Gasteiger partial charge in [-0.3, -0.25) is 0 Å². The van der Waals surface area contributed by atoms with Gasteiger partial charge in [0.2, 0.25) is 0 Å². The molecule has 134 valence electrons. The molecule has 0 aliphatic rings. The first-order valence-electron chi connectivity index (χ1n) is 6.36. The maximum absolute atomic E-state index is 12.8. The van der Waals surface area contributed by atoms with Gasteiger partial charge in [-0.15, -0.1) is 0 Å². The number of halogens is 4. The molecule has 0 spiro atoms. The first-order valence-corrected chi connectivity index (χ1v) is 6.36. The third-order valence-corrected chi connectivity index (χ3v) is 3.04. The van der Waals surface area contributed by atoms with Crippen LogP contribution < -0.4 is 17.1 Å². The van der Waals surface area contributed by atoms with E-state index in [0.29, 0.717) is 16.5 Å². The summed E-state index contributed by atoms with van der Waals surface area (Å²) in [5.41, 5.74) is 6.71. The van der Waals surface area contributed by atoms with E-state index >= 15 is 0 Å². The first kappa shape index (κ1) is 20.1. The van der Waals surface area contributed by atoms with Crippen LogP contribution in [0.15, 0.2) is 29.4 Å². The van der Waals surface area contributed by atoms with E-state index in [2.05, 4.69) is 15.1 Å². The third-order valence-electron chi connectivity index (χ3n) is 3.04. The number of methoxy groups -OCH3 is 1. The molecule has 0 saturated heterocycles. The van der Waals surface area contributed by atoms with Crippen molar-refractivity contribution in [3.8, 4) is 11.4 Å². The Hall–Kier alpha value is -2.91. The van der Waals surface area contributed by atoms with Gasteiger partial charge >= 0.3 is 12.1 Å². The predicted molar refractivity (Wildman–Crippen MR) is 74.9 cm³/mol. The largest absolute Gasteiger partial charge is 1.00 e. The van der Waals surface area contributed by atoms with Gasteiger partial charge in [0, 0.05) is 11.0 Å². The van der Waals surface area contributed by atoms with Crippen molar-refractivity contribution >= 4 is 5.97 Å². The number of aromatic nitrogens is 2. The summed E-state index contributed by atoms with van der Waals surface area (Å²) in [6.45, 7) is -0.219. The number of hydrogen-bond donors (Lipinski definition) is 1. The van der Waals surface area contributed by atoms with E-state index in [-0.39, 0.29) is 30.2 Å². The summed E-state index contributed by atoms with van der Waals surface area (Å²) in [4.78, 5) is 13.8. The summed E-state index contributed by atoms with van der Waals surface area (Å²) in [6, 6.07) is 4.62. The zero-order valence-electron chi connectivity index (χ0n) is 12.5. The second-order valence-corrected chi connectivity index (χ2v) is 4.51. The second kappa shape index (κ2) is 7.77. The van der Waals surface area contributed by atoms with Crippen molar-refractivity contribution < 1.29 is 40.2 Å². The quantitative estimate of drug-likeness (QED) is 0.462. The van der Waals surface area contributed by atoms with Gasteiger partial charge < -0.3 is 22.3 Å². The fourth-order valence-electron chi connectivity index (χ4n) is 1.99. The van der Waals surface area contributed by atoms with Crippen molar-refractivity contribution in [2.75, 3.05) is 7.11 Å². The van der Waals surface area contributed by atoms with E-state index in [1.807, 2.05) is 0 Å². The topological polar surface area (TPSA) is 113 Å². The lowest BCUT2D eigenvalue weighted by molar-refractivity contribution is -0.141. The smallest absolute Gasteiger partial charge is 0.435 e. The number of nitrogens with zero attached hydrogens (tertiary/aromatic N) is 5. The maximum Gasteiger partial charge on any atom is 0.435 e. The zero-order chi connectivity index (χ0) is 17.9. The number of aromatic carboxylic acids is 1. The van der Waals surface area contributed by atoms with Crippen LogP contribution in [0.4, 0.5) is 13.2 Å². The fraction of sp³-hybridized carbons (Fsp3) is 0.231. The molecule has 2 aromatic rings. The van der Waals surface area contributed by atoms with Crippen molar-refractivity contribution in [1.29, 1.82) is 0 Å². The molecule has 0 fully saturated rings. The van der Waals surface area contributed by atoms with Crippen LogP contribution in [0.2, 0.25) is 0 Å². The number of azide groups is 1. The molecular formula is C13H10ClF3N5O3-. The highest BCUT2D eigenvalue weighted by Gasteiger charge is 2.36. The monoisotopic (exact) mass is 376 g/mol. The summed E-state index contributed by atoms with van der Waals surface area (Å²) in [5, 5.41) is 15.8. The Bertz CT molecular complexity index is 831. The minimum absolute atomic E-state index is 0. The Morgan fingerprint density at radius 3 is 2.64 bits per heavy atom. The summed E-state index contributed by atoms with van der Waals surface area (Å²) >= 11 is 0. The van der Waals surface area contributed by atoms with Gasteiger partial charge in [-0.25, -0.2) is 9.48 Å². The molecule has 0 unspecified atom stereocenters. The highest BCUT2D eigenvalue weighted by atomic mass is 35.5. The fourth-order valence-corrected chi connectivity index (χ4v) is 1.99. The minimum Gasteiger partial charge on any atom is -1.00 e. The molecule has 25 heavy (non-hydrogen) atoms. The number of carboxylic acid groups (broad SMARTS) is 1. The molecule has 0 aliphatic carbocycles. The molecule has 2 rings (SSSR count). The number of benzene rings is 1. The molecule has 1 aromatic carbocycles. The molecule has 1 heterocycles. The highest BCUT2D eigenvalue weighted by molar-refractivity contribution is 5.86. The van der Waals surface area contributed by atoms with Gasteiger partial charge in [0.1, 0.15) is 5.75 Å². The Morgan fingerprint density at radius 1 is 1.44 bits per heavy atom. The number of rotatable bonds is 5. The van der Waals surface area contributed by atoms with Crippen LogP contribution in [0.1, 0.15) is 21.7 Å². The van der Waals surface area contributed by atoms with E-state index in [4.69, 9.17) is 15.4 Å². The summed E-state index contributed by atoms with van der Waals surface area (Å²) in [6.07, 6.45) is -4.80. The molecule has 12 heteroatoms. The number of carbonyl (C=O) groups is 1. The minimum atomic E-state index is -4.80. The van der Waals surface area contributed by atoms with E-state index in [1.54, 1.807) is 0 Å². The Labute approximate surface area is 144 Å². The lowest BCUT2D eigenvalue weighted by atomic mass is 10.1. The van der Waals surface area contributed by atoms with Gasteiger partial charge in [0.25, 0.3) is 0 Å². The molecule has 0 amide bonds. The Morgan fingerprint density at radius 2 is 2.12 bits per heavy atom. The number of ether oxygens (including phenoxy) is 1. The van der Waals surface area contributed by atoms with Gasteiger partial charge in [-0.05, 0) is 29.3 Å². The van der Waals surface area contributed by atoms with Gasteiger partial charge in [-0.2, -0.15) is 18.3 Å². The van der Waals surface area contributed by atoms with Crippen LogP contribution in [0.25, 0.3) is 16.1 Å². The Kier molecular flexibility index (Phi) is 6.26. The van der Waals surface area contributed by atoms with E-state index < -0.39 is 23.5 Å². The van der Waals surface area contributed by atoms with Crippen molar-refractivity contribution in [2.45, 2.75) is 12.7 Å². The van der Waals surface area contributed by atoms with Crippen LogP contribution in [-0.4, -0.2) is 28.0 Å². The van der Waals surface area contributed by atoms with Crippen LogP contribution in [-0.2, 0) is 12.7 Å². The first-order chi connectivity index (χ1) is 11.3. The van der Waals surface area contributed by atoms with Crippen molar-refractivity contribution in [1.82, 2.24) is 9.78 Å². The molecule has 0 bridgehead atoms. The summed E-state index contributed by atoms with van der Waals surface area (Å²) in [7, 11) is 1.38. The molecule has 8 nitrogen and oxygen atoms in total. The molecule has 0 saturated carbocycles. The SMILES string of the molecule is COc1ccc(-n2nc(C(F)(F)F)cc2C(=O)O)c(CN=[N+]=[N-])c1.[Cl-]. The van der Waals surface area contributed by atoms with E-state index in [9.17, 15) is 18.0 Å². The third kappa shape index (κ3) is 4.34. The zero-order valence-corrected chi connectivity index (χ0v) is 13.3. The van der Waals surface area contributed by atoms with Crippen molar-refractivity contribution in [3.63, 3.8) is 0 Å². The van der Waals surface area contributed by atoms with E-state index in [0.717, 1.165) is 0 Å². The van der Waals surface area contributed by atoms with Gasteiger partial charge in [-0.1, -0.05) is 5.11 Å². The lowest BCUT2D eigenvalue weighted by Gasteiger charge is -2.11. The van der Waals surface area contributed by atoms with Gasteiger partial charge in [0.15, 0.2) is 11.4 Å². The normalized spacial score (nSPS) is 10.6.